The smallest absolute Gasteiger partial charge is 0.338 e. The Kier molecular flexibility index (Phi) is 6.09. The van der Waals surface area contributed by atoms with E-state index >= 15 is 0 Å². The Balaban J connectivity index is 1.68. The molecule has 1 atom stereocenters. The van der Waals surface area contributed by atoms with Gasteiger partial charge in [0.1, 0.15) is 0 Å². The number of amides is 2. The summed E-state index contributed by atoms with van der Waals surface area (Å²) in [6, 6.07) is 13.0. The maximum absolute atomic E-state index is 12.9. The molecule has 1 fully saturated rings. The summed E-state index contributed by atoms with van der Waals surface area (Å²) >= 11 is 0. The summed E-state index contributed by atoms with van der Waals surface area (Å²) in [6.07, 6.45) is 5.82. The molecule has 2 aromatic rings. The van der Waals surface area contributed by atoms with Crippen LogP contribution in [0, 0.1) is 0 Å². The lowest BCUT2D eigenvalue weighted by molar-refractivity contribution is -0.139. The molecule has 2 heterocycles. The van der Waals surface area contributed by atoms with Gasteiger partial charge in [-0.3, -0.25) is 9.88 Å². The van der Waals surface area contributed by atoms with Crippen LogP contribution in [0.1, 0.15) is 36.9 Å². The van der Waals surface area contributed by atoms with Crippen LogP contribution in [0.15, 0.2) is 66.1 Å². The predicted octanol–water partition coefficient (Wildman–Crippen LogP) is 2.92. The SMILES string of the molecule is CCOC(=O)C1=C(CN(Cc2cccnc2)C2CC2)NC(=O)NC1c1ccccc1. The largest absolute Gasteiger partial charge is 0.463 e. The summed E-state index contributed by atoms with van der Waals surface area (Å²) in [6.45, 7) is 3.22. The van der Waals surface area contributed by atoms with E-state index in [-0.39, 0.29) is 12.6 Å². The summed E-state index contributed by atoms with van der Waals surface area (Å²) in [5.74, 6) is -0.411. The van der Waals surface area contributed by atoms with Crippen LogP contribution in [-0.4, -0.2) is 41.1 Å². The van der Waals surface area contributed by atoms with Crippen molar-refractivity contribution in [1.82, 2.24) is 20.5 Å². The normalized spacial score (nSPS) is 18.7. The van der Waals surface area contributed by atoms with Gasteiger partial charge in [-0.05, 0) is 37.0 Å². The molecule has 156 valence electrons. The molecule has 0 spiro atoms. The molecule has 1 unspecified atom stereocenters. The fraction of sp³-hybridized carbons (Fsp3) is 0.348. The highest BCUT2D eigenvalue weighted by Crippen LogP contribution is 2.32. The number of ether oxygens (including phenoxy) is 1. The average Bonchev–Trinajstić information content (AvgIpc) is 3.60. The highest BCUT2D eigenvalue weighted by atomic mass is 16.5. The van der Waals surface area contributed by atoms with E-state index in [4.69, 9.17) is 4.74 Å². The van der Waals surface area contributed by atoms with Gasteiger partial charge in [-0.25, -0.2) is 9.59 Å². The fourth-order valence-corrected chi connectivity index (χ4v) is 3.77. The molecule has 1 aromatic carbocycles. The van der Waals surface area contributed by atoms with Crippen LogP contribution in [0.2, 0.25) is 0 Å². The van der Waals surface area contributed by atoms with Crippen LogP contribution in [-0.2, 0) is 16.1 Å². The van der Waals surface area contributed by atoms with Gasteiger partial charge in [0.15, 0.2) is 0 Å². The highest BCUT2D eigenvalue weighted by Gasteiger charge is 2.36. The Morgan fingerprint density at radius 1 is 1.17 bits per heavy atom. The Bertz CT molecular complexity index is 926. The summed E-state index contributed by atoms with van der Waals surface area (Å²) in [4.78, 5) is 31.9. The second-order valence-corrected chi connectivity index (χ2v) is 7.55. The van der Waals surface area contributed by atoms with E-state index in [1.807, 2.05) is 48.7 Å². The second-order valence-electron chi connectivity index (χ2n) is 7.55. The standard InChI is InChI=1S/C23H26N4O3/c1-2-30-22(28)20-19(25-23(29)26-21(20)17-8-4-3-5-9-17)15-27(18-10-11-18)14-16-7-6-12-24-13-16/h3-9,12-13,18,21H,2,10-11,14-15H2,1H3,(H2,25,26,29). The van der Waals surface area contributed by atoms with Crippen molar-refractivity contribution in [1.29, 1.82) is 0 Å². The van der Waals surface area contributed by atoms with Crippen LogP contribution >= 0.6 is 0 Å². The van der Waals surface area contributed by atoms with Crippen molar-refractivity contribution in [2.75, 3.05) is 13.2 Å². The molecule has 2 amide bonds. The third kappa shape index (κ3) is 4.68. The Labute approximate surface area is 176 Å². The monoisotopic (exact) mass is 406 g/mol. The third-order valence-corrected chi connectivity index (χ3v) is 5.31. The minimum absolute atomic E-state index is 0.271. The first-order valence-electron chi connectivity index (χ1n) is 10.3. The number of esters is 1. The van der Waals surface area contributed by atoms with Gasteiger partial charge in [0.25, 0.3) is 0 Å². The maximum Gasteiger partial charge on any atom is 0.338 e. The van der Waals surface area contributed by atoms with Gasteiger partial charge >= 0.3 is 12.0 Å². The fourth-order valence-electron chi connectivity index (χ4n) is 3.77. The number of rotatable bonds is 8. The number of benzene rings is 1. The van der Waals surface area contributed by atoms with Crippen LogP contribution in [0.5, 0.6) is 0 Å². The quantitative estimate of drug-likeness (QED) is 0.659. The molecular formula is C23H26N4O3. The van der Waals surface area contributed by atoms with Crippen molar-refractivity contribution in [3.8, 4) is 0 Å². The molecule has 1 aromatic heterocycles. The van der Waals surface area contributed by atoms with E-state index in [1.165, 1.54) is 0 Å². The molecule has 1 aliphatic carbocycles. The van der Waals surface area contributed by atoms with Gasteiger partial charge in [-0.1, -0.05) is 36.4 Å². The van der Waals surface area contributed by atoms with E-state index in [1.54, 1.807) is 13.1 Å². The average molecular weight is 406 g/mol. The van der Waals surface area contributed by atoms with Crippen molar-refractivity contribution in [2.45, 2.75) is 38.4 Å². The zero-order valence-corrected chi connectivity index (χ0v) is 17.0. The first-order chi connectivity index (χ1) is 14.7. The Morgan fingerprint density at radius 3 is 2.63 bits per heavy atom. The lowest BCUT2D eigenvalue weighted by atomic mass is 9.95. The van der Waals surface area contributed by atoms with Crippen LogP contribution in [0.3, 0.4) is 0 Å². The van der Waals surface area contributed by atoms with Gasteiger partial charge in [-0.2, -0.15) is 0 Å². The van der Waals surface area contributed by atoms with Crippen molar-refractivity contribution in [3.63, 3.8) is 0 Å². The number of nitrogens with one attached hydrogen (secondary N) is 2. The number of nitrogens with zero attached hydrogens (tertiary/aromatic N) is 2. The number of carbonyl (C=O) groups is 2. The number of carbonyl (C=O) groups excluding carboxylic acids is 2. The minimum Gasteiger partial charge on any atom is -0.463 e. The Morgan fingerprint density at radius 2 is 1.97 bits per heavy atom. The van der Waals surface area contributed by atoms with Crippen LogP contribution in [0.4, 0.5) is 4.79 Å². The topological polar surface area (TPSA) is 83.6 Å². The lowest BCUT2D eigenvalue weighted by Crippen LogP contribution is -2.48. The van der Waals surface area contributed by atoms with E-state index in [0.29, 0.717) is 30.4 Å². The number of pyridine rings is 1. The van der Waals surface area contributed by atoms with Gasteiger partial charge in [-0.15, -0.1) is 0 Å². The van der Waals surface area contributed by atoms with Crippen molar-refractivity contribution in [3.05, 3.63) is 77.3 Å². The van der Waals surface area contributed by atoms with Crippen molar-refractivity contribution >= 4 is 12.0 Å². The molecule has 1 aliphatic heterocycles. The van der Waals surface area contributed by atoms with E-state index in [2.05, 4.69) is 20.5 Å². The number of hydrogen-bond donors (Lipinski definition) is 2. The zero-order valence-electron chi connectivity index (χ0n) is 17.0. The van der Waals surface area contributed by atoms with Gasteiger partial charge < -0.3 is 15.4 Å². The van der Waals surface area contributed by atoms with Gasteiger partial charge in [0.2, 0.25) is 0 Å². The summed E-state index contributed by atoms with van der Waals surface area (Å²) in [7, 11) is 0. The molecule has 7 heteroatoms. The predicted molar refractivity (Wildman–Crippen MR) is 112 cm³/mol. The number of hydrogen-bond acceptors (Lipinski definition) is 5. The highest BCUT2D eigenvalue weighted by molar-refractivity contribution is 5.95. The van der Waals surface area contributed by atoms with E-state index in [9.17, 15) is 9.59 Å². The molecule has 0 bridgehead atoms. The second kappa shape index (κ2) is 9.09. The molecule has 1 saturated carbocycles. The molecule has 4 rings (SSSR count). The van der Waals surface area contributed by atoms with E-state index in [0.717, 1.165) is 24.0 Å². The summed E-state index contributed by atoms with van der Waals surface area (Å²) in [5.41, 5.74) is 3.00. The van der Waals surface area contributed by atoms with Crippen molar-refractivity contribution in [2.24, 2.45) is 0 Å². The molecule has 0 radical (unpaired) electrons. The number of urea groups is 1. The minimum atomic E-state index is -0.548. The molecule has 30 heavy (non-hydrogen) atoms. The molecular weight excluding hydrogens is 380 g/mol. The molecule has 2 N–H and O–H groups in total. The van der Waals surface area contributed by atoms with E-state index < -0.39 is 12.0 Å². The molecule has 0 saturated heterocycles. The van der Waals surface area contributed by atoms with Gasteiger partial charge in [0, 0.05) is 37.2 Å². The van der Waals surface area contributed by atoms with Crippen LogP contribution < -0.4 is 10.6 Å². The third-order valence-electron chi connectivity index (χ3n) is 5.31. The molecule has 7 nitrogen and oxygen atoms in total. The van der Waals surface area contributed by atoms with Crippen LogP contribution in [0.25, 0.3) is 0 Å². The summed E-state index contributed by atoms with van der Waals surface area (Å²) in [5, 5.41) is 5.76. The first kappa shape index (κ1) is 20.1. The maximum atomic E-state index is 12.9. The lowest BCUT2D eigenvalue weighted by Gasteiger charge is -2.32. The summed E-state index contributed by atoms with van der Waals surface area (Å²) < 4.78 is 5.36. The zero-order chi connectivity index (χ0) is 20.9. The Hall–Kier alpha value is -3.19. The number of aromatic nitrogens is 1. The van der Waals surface area contributed by atoms with Crippen molar-refractivity contribution < 1.29 is 14.3 Å². The first-order valence-corrected chi connectivity index (χ1v) is 10.3. The van der Waals surface area contributed by atoms with Gasteiger partial charge in [0.05, 0.1) is 18.2 Å². The molecule has 2 aliphatic rings.